The van der Waals surface area contributed by atoms with Gasteiger partial charge in [-0.2, -0.15) is 0 Å². The molecule has 0 unspecified atom stereocenters. The van der Waals surface area contributed by atoms with E-state index in [4.69, 9.17) is 10.5 Å². The minimum absolute atomic E-state index is 0.219. The molecule has 1 heterocycles. The average molecular weight is 267 g/mol. The molecule has 104 valence electrons. The number of aromatic hydroxyl groups is 1. The third-order valence-electron chi connectivity index (χ3n) is 2.25. The van der Waals surface area contributed by atoms with Gasteiger partial charge in [-0.1, -0.05) is 13.3 Å². The van der Waals surface area contributed by atoms with Crippen LogP contribution >= 0.6 is 0 Å². The second-order valence-electron chi connectivity index (χ2n) is 3.80. The molecule has 7 heteroatoms. The molecule has 0 aliphatic carbocycles. The van der Waals surface area contributed by atoms with Gasteiger partial charge in [-0.25, -0.2) is 4.98 Å². The standard InChI is InChI=1S/C12H17N3O4/c1-2-3-6-19-10-5-4-8(16)11(15-10)12(18)14-9(17)7-13/h4-5,16H,2-3,6-7,13H2,1H3,(H,14,17,18). The van der Waals surface area contributed by atoms with Crippen molar-refractivity contribution in [2.24, 2.45) is 5.73 Å². The predicted molar refractivity (Wildman–Crippen MR) is 67.8 cm³/mol. The number of hydrogen-bond donors (Lipinski definition) is 3. The van der Waals surface area contributed by atoms with Gasteiger partial charge in [0.25, 0.3) is 5.91 Å². The van der Waals surface area contributed by atoms with Crippen LogP contribution < -0.4 is 15.8 Å². The van der Waals surface area contributed by atoms with Crippen molar-refractivity contribution in [2.45, 2.75) is 19.8 Å². The van der Waals surface area contributed by atoms with E-state index in [9.17, 15) is 14.7 Å². The van der Waals surface area contributed by atoms with E-state index >= 15 is 0 Å². The summed E-state index contributed by atoms with van der Waals surface area (Å²) >= 11 is 0. The van der Waals surface area contributed by atoms with Gasteiger partial charge in [0, 0.05) is 6.07 Å². The summed E-state index contributed by atoms with van der Waals surface area (Å²) < 4.78 is 5.31. The third kappa shape index (κ3) is 4.55. The lowest BCUT2D eigenvalue weighted by molar-refractivity contribution is -0.118. The number of carbonyl (C=O) groups is 2. The average Bonchev–Trinajstić information content (AvgIpc) is 2.40. The van der Waals surface area contributed by atoms with Crippen molar-refractivity contribution in [1.29, 1.82) is 0 Å². The van der Waals surface area contributed by atoms with Gasteiger partial charge < -0.3 is 15.6 Å². The molecular formula is C12H17N3O4. The van der Waals surface area contributed by atoms with Gasteiger partial charge in [0.15, 0.2) is 5.69 Å². The van der Waals surface area contributed by atoms with Gasteiger partial charge in [-0.3, -0.25) is 14.9 Å². The van der Waals surface area contributed by atoms with E-state index in [0.717, 1.165) is 12.8 Å². The number of pyridine rings is 1. The molecule has 1 rings (SSSR count). The molecule has 0 saturated heterocycles. The summed E-state index contributed by atoms with van der Waals surface area (Å²) in [6.07, 6.45) is 1.83. The fraction of sp³-hybridized carbons (Fsp3) is 0.417. The molecule has 0 atom stereocenters. The monoisotopic (exact) mass is 267 g/mol. The van der Waals surface area contributed by atoms with Crippen LogP contribution in [0.3, 0.4) is 0 Å². The number of nitrogens with one attached hydrogen (secondary N) is 1. The molecule has 2 amide bonds. The van der Waals surface area contributed by atoms with Gasteiger partial charge in [0.1, 0.15) is 5.75 Å². The first-order chi connectivity index (χ1) is 9.08. The van der Waals surface area contributed by atoms with E-state index in [1.807, 2.05) is 12.2 Å². The largest absolute Gasteiger partial charge is 0.505 e. The lowest BCUT2D eigenvalue weighted by Crippen LogP contribution is -2.35. The summed E-state index contributed by atoms with van der Waals surface area (Å²) in [5, 5.41) is 11.5. The zero-order valence-corrected chi connectivity index (χ0v) is 10.7. The van der Waals surface area contributed by atoms with Crippen molar-refractivity contribution in [3.8, 4) is 11.6 Å². The number of nitrogens with zero attached hydrogens (tertiary/aromatic N) is 1. The topological polar surface area (TPSA) is 115 Å². The summed E-state index contributed by atoms with van der Waals surface area (Å²) in [4.78, 5) is 26.5. The van der Waals surface area contributed by atoms with E-state index in [1.165, 1.54) is 12.1 Å². The minimum atomic E-state index is -0.811. The molecule has 1 aromatic heterocycles. The van der Waals surface area contributed by atoms with Crippen molar-refractivity contribution in [1.82, 2.24) is 10.3 Å². The zero-order chi connectivity index (χ0) is 14.3. The maximum Gasteiger partial charge on any atom is 0.280 e. The Morgan fingerprint density at radius 1 is 1.47 bits per heavy atom. The number of imide groups is 1. The van der Waals surface area contributed by atoms with Crippen molar-refractivity contribution in [2.75, 3.05) is 13.2 Å². The van der Waals surface area contributed by atoms with Crippen LogP contribution in [0, 0.1) is 0 Å². The van der Waals surface area contributed by atoms with Gasteiger partial charge in [-0.15, -0.1) is 0 Å². The Morgan fingerprint density at radius 2 is 2.21 bits per heavy atom. The van der Waals surface area contributed by atoms with Crippen molar-refractivity contribution < 1.29 is 19.4 Å². The first-order valence-electron chi connectivity index (χ1n) is 5.95. The number of unbranched alkanes of at least 4 members (excludes halogenated alkanes) is 1. The van der Waals surface area contributed by atoms with Crippen LogP contribution in [-0.2, 0) is 4.79 Å². The van der Waals surface area contributed by atoms with Crippen LogP contribution in [0.25, 0.3) is 0 Å². The van der Waals surface area contributed by atoms with Gasteiger partial charge in [0.2, 0.25) is 11.8 Å². The number of rotatable bonds is 6. The molecule has 1 aromatic rings. The maximum atomic E-state index is 11.7. The number of hydrogen-bond acceptors (Lipinski definition) is 6. The molecule has 0 fully saturated rings. The lowest BCUT2D eigenvalue weighted by atomic mass is 10.3. The summed E-state index contributed by atoms with van der Waals surface area (Å²) in [7, 11) is 0. The minimum Gasteiger partial charge on any atom is -0.505 e. The van der Waals surface area contributed by atoms with Crippen molar-refractivity contribution in [3.05, 3.63) is 17.8 Å². The highest BCUT2D eigenvalue weighted by atomic mass is 16.5. The van der Waals surface area contributed by atoms with Gasteiger partial charge >= 0.3 is 0 Å². The first kappa shape index (κ1) is 14.9. The zero-order valence-electron chi connectivity index (χ0n) is 10.7. The lowest BCUT2D eigenvalue weighted by Gasteiger charge is -2.08. The smallest absolute Gasteiger partial charge is 0.280 e. The van der Waals surface area contributed by atoms with E-state index in [0.29, 0.717) is 6.61 Å². The predicted octanol–water partition coefficient (Wildman–Crippen LogP) is 0.181. The molecule has 4 N–H and O–H groups in total. The first-order valence-corrected chi connectivity index (χ1v) is 5.95. The maximum absolute atomic E-state index is 11.7. The van der Waals surface area contributed by atoms with Crippen LogP contribution in [0.2, 0.25) is 0 Å². The van der Waals surface area contributed by atoms with Crippen LogP contribution in [0.15, 0.2) is 12.1 Å². The third-order valence-corrected chi connectivity index (χ3v) is 2.25. The molecule has 0 radical (unpaired) electrons. The number of carbonyl (C=O) groups excluding carboxylic acids is 2. The Balaban J connectivity index is 2.78. The number of ether oxygens (including phenoxy) is 1. The van der Waals surface area contributed by atoms with E-state index < -0.39 is 11.8 Å². The normalized spacial score (nSPS) is 10.0. The summed E-state index contributed by atoms with van der Waals surface area (Å²) in [5.74, 6) is -1.57. The van der Waals surface area contributed by atoms with E-state index in [1.54, 1.807) is 0 Å². The van der Waals surface area contributed by atoms with Crippen molar-refractivity contribution in [3.63, 3.8) is 0 Å². The van der Waals surface area contributed by atoms with Gasteiger partial charge in [-0.05, 0) is 12.5 Å². The van der Waals surface area contributed by atoms with Crippen molar-refractivity contribution >= 4 is 11.8 Å². The summed E-state index contributed by atoms with van der Waals surface area (Å²) in [6, 6.07) is 2.74. The van der Waals surface area contributed by atoms with Gasteiger partial charge in [0.05, 0.1) is 13.2 Å². The molecular weight excluding hydrogens is 250 g/mol. The highest BCUT2D eigenvalue weighted by Crippen LogP contribution is 2.18. The molecule has 0 spiro atoms. The highest BCUT2D eigenvalue weighted by molar-refractivity contribution is 6.05. The second-order valence-corrected chi connectivity index (χ2v) is 3.80. The van der Waals surface area contributed by atoms with Crippen LogP contribution in [0.4, 0.5) is 0 Å². The summed E-state index contributed by atoms with van der Waals surface area (Å²) in [6.45, 7) is 2.17. The molecule has 0 aliphatic heterocycles. The molecule has 7 nitrogen and oxygen atoms in total. The Labute approximate surface area is 110 Å². The Kier molecular flexibility index (Phi) is 5.74. The Hall–Kier alpha value is -2.15. The van der Waals surface area contributed by atoms with Crippen LogP contribution in [-0.4, -0.2) is 35.1 Å². The quantitative estimate of drug-likeness (QED) is 0.633. The Morgan fingerprint density at radius 3 is 2.84 bits per heavy atom. The number of aromatic nitrogens is 1. The fourth-order valence-corrected chi connectivity index (χ4v) is 1.24. The molecule has 0 saturated carbocycles. The fourth-order valence-electron chi connectivity index (χ4n) is 1.24. The van der Waals surface area contributed by atoms with Crippen LogP contribution in [0.5, 0.6) is 11.6 Å². The van der Waals surface area contributed by atoms with E-state index in [-0.39, 0.29) is 23.9 Å². The number of nitrogens with two attached hydrogens (primary N) is 1. The molecule has 0 aliphatic rings. The number of amides is 2. The molecule has 19 heavy (non-hydrogen) atoms. The SMILES string of the molecule is CCCCOc1ccc(O)c(C(=O)NC(=O)CN)n1. The highest BCUT2D eigenvalue weighted by Gasteiger charge is 2.16. The summed E-state index contributed by atoms with van der Waals surface area (Å²) in [5.41, 5.74) is 4.81. The van der Waals surface area contributed by atoms with Crippen LogP contribution in [0.1, 0.15) is 30.3 Å². The van der Waals surface area contributed by atoms with E-state index in [2.05, 4.69) is 4.98 Å². The Bertz CT molecular complexity index is 462. The second kappa shape index (κ2) is 7.32. The molecule has 0 aromatic carbocycles. The molecule has 0 bridgehead atoms.